The van der Waals surface area contributed by atoms with Crippen molar-refractivity contribution >= 4 is 22.6 Å². The van der Waals surface area contributed by atoms with Crippen LogP contribution in [0.25, 0.3) is 11.0 Å². The van der Waals surface area contributed by atoms with Crippen molar-refractivity contribution in [1.29, 1.82) is 0 Å². The van der Waals surface area contributed by atoms with E-state index in [-0.39, 0.29) is 5.56 Å². The summed E-state index contributed by atoms with van der Waals surface area (Å²) in [7, 11) is 0. The van der Waals surface area contributed by atoms with Gasteiger partial charge in [0, 0.05) is 6.54 Å². The third kappa shape index (κ3) is 1.23. The number of aromatic nitrogens is 3. The van der Waals surface area contributed by atoms with Crippen LogP contribution in [0.4, 0.5) is 0 Å². The molecular weight excluding hydrogens is 190 g/mol. The van der Waals surface area contributed by atoms with E-state index in [0.717, 1.165) is 12.1 Å². The molecule has 0 aliphatic heterocycles. The molecule has 0 spiro atoms. The average molecular weight is 198 g/mol. The van der Waals surface area contributed by atoms with Crippen molar-refractivity contribution < 1.29 is 0 Å². The van der Waals surface area contributed by atoms with Crippen LogP contribution in [-0.4, -0.2) is 14.5 Å². The molecule has 1 N–H and O–H groups in total. The molecule has 2 aromatic rings. The van der Waals surface area contributed by atoms with Gasteiger partial charge in [0.15, 0.2) is 5.52 Å². The van der Waals surface area contributed by atoms with Crippen molar-refractivity contribution in [2.75, 3.05) is 0 Å². The number of nitrogens with zero attached hydrogens (tertiary/aromatic N) is 2. The highest BCUT2D eigenvalue weighted by molar-refractivity contribution is 6.29. The molecule has 0 amide bonds. The second kappa shape index (κ2) is 2.88. The molecule has 68 valence electrons. The third-order valence-electron chi connectivity index (χ3n) is 1.93. The summed E-state index contributed by atoms with van der Waals surface area (Å²) >= 11 is 5.71. The first-order valence-electron chi connectivity index (χ1n) is 3.96. The summed E-state index contributed by atoms with van der Waals surface area (Å²) in [6, 6.07) is 1.70. The molecule has 0 bridgehead atoms. The highest BCUT2D eigenvalue weighted by Gasteiger charge is 2.05. The molecule has 0 radical (unpaired) electrons. The summed E-state index contributed by atoms with van der Waals surface area (Å²) in [5, 5.41) is 0.340. The van der Waals surface area contributed by atoms with Crippen molar-refractivity contribution in [3.8, 4) is 0 Å². The Morgan fingerprint density at radius 2 is 2.46 bits per heavy atom. The molecule has 2 aromatic heterocycles. The van der Waals surface area contributed by atoms with Crippen molar-refractivity contribution in [3.05, 3.63) is 27.9 Å². The van der Waals surface area contributed by atoms with E-state index < -0.39 is 0 Å². The lowest BCUT2D eigenvalue weighted by Crippen LogP contribution is -2.06. The molecule has 0 saturated carbocycles. The van der Waals surface area contributed by atoms with Crippen LogP contribution in [0.1, 0.15) is 6.92 Å². The maximum absolute atomic E-state index is 11.3. The van der Waals surface area contributed by atoms with Gasteiger partial charge in [0.1, 0.15) is 5.15 Å². The summed E-state index contributed by atoms with van der Waals surface area (Å²) in [6.45, 7) is 2.76. The number of imidazole rings is 1. The highest BCUT2D eigenvalue weighted by Crippen LogP contribution is 2.11. The maximum Gasteiger partial charge on any atom is 0.277 e. The second-order valence-corrected chi connectivity index (χ2v) is 3.12. The molecule has 0 saturated heterocycles. The SMILES string of the molecule is CCn1cnc2c(=O)[nH]c(Cl)cc21. The van der Waals surface area contributed by atoms with Gasteiger partial charge >= 0.3 is 0 Å². The summed E-state index contributed by atoms with van der Waals surface area (Å²) in [6.07, 6.45) is 1.64. The van der Waals surface area contributed by atoms with Gasteiger partial charge in [0.25, 0.3) is 5.56 Å². The molecular formula is C8H8ClN3O. The number of aromatic amines is 1. The van der Waals surface area contributed by atoms with E-state index in [4.69, 9.17) is 11.6 Å². The molecule has 0 atom stereocenters. The van der Waals surface area contributed by atoms with E-state index in [0.29, 0.717) is 10.7 Å². The molecule has 0 unspecified atom stereocenters. The number of hydrogen-bond acceptors (Lipinski definition) is 2. The van der Waals surface area contributed by atoms with E-state index >= 15 is 0 Å². The summed E-state index contributed by atoms with van der Waals surface area (Å²) in [5.41, 5.74) is 0.970. The smallest absolute Gasteiger partial charge is 0.277 e. The molecule has 13 heavy (non-hydrogen) atoms. The topological polar surface area (TPSA) is 50.7 Å². The minimum Gasteiger partial charge on any atom is -0.331 e. The number of aryl methyl sites for hydroxylation is 1. The van der Waals surface area contributed by atoms with Crippen LogP contribution >= 0.6 is 11.6 Å². The molecule has 2 rings (SSSR count). The zero-order valence-corrected chi connectivity index (χ0v) is 7.80. The first-order valence-corrected chi connectivity index (χ1v) is 4.34. The van der Waals surface area contributed by atoms with Crippen molar-refractivity contribution in [2.24, 2.45) is 0 Å². The van der Waals surface area contributed by atoms with Gasteiger partial charge in [-0.1, -0.05) is 11.6 Å². The van der Waals surface area contributed by atoms with Gasteiger partial charge < -0.3 is 9.55 Å². The summed E-state index contributed by atoms with van der Waals surface area (Å²) in [4.78, 5) is 17.8. The average Bonchev–Trinajstić information content (AvgIpc) is 2.47. The Hall–Kier alpha value is -1.29. The quantitative estimate of drug-likeness (QED) is 0.703. The number of fused-ring (bicyclic) bond motifs is 1. The Kier molecular flexibility index (Phi) is 1.84. The Morgan fingerprint density at radius 3 is 3.15 bits per heavy atom. The number of nitrogens with one attached hydrogen (secondary N) is 1. The maximum atomic E-state index is 11.3. The fourth-order valence-corrected chi connectivity index (χ4v) is 1.48. The van der Waals surface area contributed by atoms with E-state index in [2.05, 4.69) is 9.97 Å². The molecule has 4 nitrogen and oxygen atoms in total. The van der Waals surface area contributed by atoms with E-state index in [1.54, 1.807) is 12.4 Å². The summed E-state index contributed by atoms with van der Waals surface area (Å²) in [5.74, 6) is 0. The second-order valence-electron chi connectivity index (χ2n) is 2.71. The van der Waals surface area contributed by atoms with Crippen molar-refractivity contribution in [1.82, 2.24) is 14.5 Å². The van der Waals surface area contributed by atoms with Gasteiger partial charge in [0.05, 0.1) is 11.8 Å². The van der Waals surface area contributed by atoms with Gasteiger partial charge in [-0.2, -0.15) is 0 Å². The molecule has 5 heteroatoms. The first kappa shape index (κ1) is 8.31. The molecule has 0 aliphatic rings. The Labute approximate surface area is 79.2 Å². The highest BCUT2D eigenvalue weighted by atomic mass is 35.5. The van der Waals surface area contributed by atoms with Crippen LogP contribution in [-0.2, 0) is 6.54 Å². The monoisotopic (exact) mass is 197 g/mol. The van der Waals surface area contributed by atoms with E-state index in [1.807, 2.05) is 11.5 Å². The van der Waals surface area contributed by atoms with Crippen LogP contribution in [0.2, 0.25) is 5.15 Å². The van der Waals surface area contributed by atoms with Crippen molar-refractivity contribution in [3.63, 3.8) is 0 Å². The lowest BCUT2D eigenvalue weighted by atomic mass is 10.4. The van der Waals surface area contributed by atoms with Crippen LogP contribution in [0.3, 0.4) is 0 Å². The van der Waals surface area contributed by atoms with Gasteiger partial charge in [-0.05, 0) is 13.0 Å². The number of pyridine rings is 1. The van der Waals surface area contributed by atoms with E-state index in [1.165, 1.54) is 0 Å². The Balaban J connectivity index is 2.90. The Morgan fingerprint density at radius 1 is 1.69 bits per heavy atom. The predicted octanol–water partition coefficient (Wildman–Crippen LogP) is 1.40. The van der Waals surface area contributed by atoms with Crippen LogP contribution in [0.5, 0.6) is 0 Å². The minimum atomic E-state index is -0.241. The van der Waals surface area contributed by atoms with Gasteiger partial charge in [0.2, 0.25) is 0 Å². The molecule has 0 fully saturated rings. The predicted molar refractivity (Wildman–Crippen MR) is 51.0 cm³/mol. The molecule has 0 aliphatic carbocycles. The van der Waals surface area contributed by atoms with Crippen molar-refractivity contribution in [2.45, 2.75) is 13.5 Å². The van der Waals surface area contributed by atoms with Gasteiger partial charge in [-0.3, -0.25) is 4.79 Å². The Bertz CT molecular complexity index is 500. The third-order valence-corrected chi connectivity index (χ3v) is 2.13. The first-order chi connectivity index (χ1) is 6.22. The lowest BCUT2D eigenvalue weighted by molar-refractivity contribution is 0.787. The van der Waals surface area contributed by atoms with Gasteiger partial charge in [-0.25, -0.2) is 4.98 Å². The van der Waals surface area contributed by atoms with Gasteiger partial charge in [-0.15, -0.1) is 0 Å². The largest absolute Gasteiger partial charge is 0.331 e. The fraction of sp³-hybridized carbons (Fsp3) is 0.250. The standard InChI is InChI=1S/C8H8ClN3O/c1-2-12-4-10-7-5(12)3-6(9)11-8(7)13/h3-4H,2H2,1H3,(H,11,13). The summed E-state index contributed by atoms with van der Waals surface area (Å²) < 4.78 is 1.87. The van der Waals surface area contributed by atoms with Crippen LogP contribution in [0.15, 0.2) is 17.2 Å². The molecule has 2 heterocycles. The fourth-order valence-electron chi connectivity index (χ4n) is 1.29. The zero-order chi connectivity index (χ0) is 9.42. The number of rotatable bonds is 1. The molecule has 0 aromatic carbocycles. The number of halogens is 1. The number of hydrogen-bond donors (Lipinski definition) is 1. The van der Waals surface area contributed by atoms with Crippen LogP contribution < -0.4 is 5.56 Å². The minimum absolute atomic E-state index is 0.241. The normalized spacial score (nSPS) is 10.9. The van der Waals surface area contributed by atoms with Crippen LogP contribution in [0, 0.1) is 0 Å². The zero-order valence-electron chi connectivity index (χ0n) is 7.04. The number of H-pyrrole nitrogens is 1. The van der Waals surface area contributed by atoms with E-state index in [9.17, 15) is 4.79 Å². The lowest BCUT2D eigenvalue weighted by Gasteiger charge is -1.97.